The van der Waals surface area contributed by atoms with E-state index in [1.165, 1.54) is 7.11 Å². The zero-order chi connectivity index (χ0) is 28.3. The van der Waals surface area contributed by atoms with E-state index in [-0.39, 0.29) is 18.1 Å². The van der Waals surface area contributed by atoms with Crippen molar-refractivity contribution < 1.29 is 19.4 Å². The van der Waals surface area contributed by atoms with Crippen LogP contribution in [0, 0.1) is 6.92 Å². The van der Waals surface area contributed by atoms with E-state index in [2.05, 4.69) is 23.8 Å². The smallest absolute Gasteiger partial charge is 0.335 e. The molecule has 1 aromatic heterocycles. The van der Waals surface area contributed by atoms with Gasteiger partial charge in [-0.3, -0.25) is 0 Å². The monoisotopic (exact) mass is 567 g/mol. The maximum absolute atomic E-state index is 11.3. The first-order valence-electron chi connectivity index (χ1n) is 12.5. The van der Waals surface area contributed by atoms with Crippen LogP contribution in [0.15, 0.2) is 60.8 Å². The minimum absolute atomic E-state index is 0.190. The summed E-state index contributed by atoms with van der Waals surface area (Å²) in [5.74, 6) is 0.507. The van der Waals surface area contributed by atoms with Crippen LogP contribution in [-0.4, -0.2) is 35.0 Å². The first-order valence-corrected chi connectivity index (χ1v) is 13.2. The van der Waals surface area contributed by atoms with Gasteiger partial charge in [0.25, 0.3) is 0 Å². The van der Waals surface area contributed by atoms with E-state index in [0.29, 0.717) is 28.0 Å². The Morgan fingerprint density at radius 3 is 2.44 bits per heavy atom. The highest BCUT2D eigenvalue weighted by Crippen LogP contribution is 2.33. The lowest BCUT2D eigenvalue weighted by atomic mass is 10.0. The molecule has 204 valence electrons. The van der Waals surface area contributed by atoms with Gasteiger partial charge in [0.1, 0.15) is 23.8 Å². The molecule has 7 nitrogen and oxygen atoms in total. The molecule has 0 radical (unpaired) electrons. The SMILES string of the molecule is COc1cc(C(=O)O)ccc1CN(C)c1ccc(OCc2c(C(C)C)cnn2-c2c(Cl)cccc2Cl)cc1C. The number of anilines is 1. The Morgan fingerprint density at radius 1 is 1.10 bits per heavy atom. The standard InChI is InChI=1S/C30H31Cl2N3O4/c1-18(2)23-15-33-35(29-24(31)7-6-8-25(29)32)27(23)17-39-22-11-12-26(19(3)13-22)34(4)16-21-10-9-20(30(36)37)14-28(21)38-5/h6-15,18H,16-17H2,1-5H3,(H,36,37). The third-order valence-electron chi connectivity index (χ3n) is 6.57. The van der Waals surface area contributed by atoms with Crippen LogP contribution in [0.1, 0.15) is 52.5 Å². The number of carboxylic acid groups (broad SMARTS) is 1. The fourth-order valence-corrected chi connectivity index (χ4v) is 5.10. The lowest BCUT2D eigenvalue weighted by molar-refractivity contribution is 0.0696. The normalized spacial score (nSPS) is 11.1. The maximum atomic E-state index is 11.3. The number of aromatic nitrogens is 2. The summed E-state index contributed by atoms with van der Waals surface area (Å²) in [6.45, 7) is 7.07. The van der Waals surface area contributed by atoms with E-state index in [1.54, 1.807) is 41.1 Å². The molecular weight excluding hydrogens is 537 g/mol. The van der Waals surface area contributed by atoms with Gasteiger partial charge in [0.2, 0.25) is 0 Å². The number of methoxy groups -OCH3 is 1. The van der Waals surface area contributed by atoms with Crippen molar-refractivity contribution in [3.63, 3.8) is 0 Å². The van der Waals surface area contributed by atoms with E-state index in [0.717, 1.165) is 33.8 Å². The van der Waals surface area contributed by atoms with Crippen molar-refractivity contribution in [2.24, 2.45) is 0 Å². The largest absolute Gasteiger partial charge is 0.496 e. The van der Waals surface area contributed by atoms with Gasteiger partial charge in [0, 0.05) is 24.8 Å². The Labute approximate surface area is 238 Å². The second kappa shape index (κ2) is 12.0. The molecule has 0 atom stereocenters. The molecule has 0 aliphatic carbocycles. The molecule has 1 heterocycles. The summed E-state index contributed by atoms with van der Waals surface area (Å²) in [4.78, 5) is 13.4. The summed E-state index contributed by atoms with van der Waals surface area (Å²) in [5.41, 5.74) is 5.70. The van der Waals surface area contributed by atoms with Crippen molar-refractivity contribution in [2.75, 3.05) is 19.1 Å². The molecule has 9 heteroatoms. The first kappa shape index (κ1) is 28.3. The lowest BCUT2D eigenvalue weighted by Gasteiger charge is -2.23. The summed E-state index contributed by atoms with van der Waals surface area (Å²) >= 11 is 13.0. The van der Waals surface area contributed by atoms with Gasteiger partial charge in [-0.1, -0.05) is 49.2 Å². The van der Waals surface area contributed by atoms with Gasteiger partial charge in [-0.25, -0.2) is 9.48 Å². The Bertz CT molecular complexity index is 1480. The van der Waals surface area contributed by atoms with E-state index >= 15 is 0 Å². The van der Waals surface area contributed by atoms with Crippen molar-refractivity contribution in [1.82, 2.24) is 9.78 Å². The van der Waals surface area contributed by atoms with E-state index in [9.17, 15) is 9.90 Å². The fraction of sp³-hybridized carbons (Fsp3) is 0.267. The second-order valence-electron chi connectivity index (χ2n) is 9.61. The average Bonchev–Trinajstić information content (AvgIpc) is 3.31. The van der Waals surface area contributed by atoms with Gasteiger partial charge >= 0.3 is 5.97 Å². The summed E-state index contributed by atoms with van der Waals surface area (Å²) in [6.07, 6.45) is 1.84. The highest BCUT2D eigenvalue weighted by molar-refractivity contribution is 6.37. The highest BCUT2D eigenvalue weighted by atomic mass is 35.5. The van der Waals surface area contributed by atoms with Gasteiger partial charge < -0.3 is 19.5 Å². The number of hydrogen-bond donors (Lipinski definition) is 1. The molecule has 0 unspecified atom stereocenters. The summed E-state index contributed by atoms with van der Waals surface area (Å²) in [7, 11) is 3.52. The molecule has 3 aromatic carbocycles. The molecule has 0 bridgehead atoms. The number of aromatic carboxylic acids is 1. The predicted octanol–water partition coefficient (Wildman–Crippen LogP) is 7.53. The maximum Gasteiger partial charge on any atom is 0.335 e. The molecular formula is C30H31Cl2N3O4. The number of para-hydroxylation sites is 1. The lowest BCUT2D eigenvalue weighted by Crippen LogP contribution is -2.18. The summed E-state index contributed by atoms with van der Waals surface area (Å²) in [6, 6.07) is 16.2. The van der Waals surface area contributed by atoms with Crippen LogP contribution in [0.25, 0.3) is 5.69 Å². The first-order chi connectivity index (χ1) is 18.6. The van der Waals surface area contributed by atoms with Crippen LogP contribution in [0.3, 0.4) is 0 Å². The number of nitrogens with zero attached hydrogens (tertiary/aromatic N) is 3. The molecule has 1 N–H and O–H groups in total. The van der Waals surface area contributed by atoms with Gasteiger partial charge in [0.15, 0.2) is 0 Å². The Hall–Kier alpha value is -3.68. The molecule has 4 aromatic rings. The molecule has 0 aliphatic rings. The molecule has 0 saturated carbocycles. The third-order valence-corrected chi connectivity index (χ3v) is 7.18. The summed E-state index contributed by atoms with van der Waals surface area (Å²) < 4.78 is 13.4. The van der Waals surface area contributed by atoms with E-state index in [4.69, 9.17) is 32.7 Å². The molecule has 0 amide bonds. The zero-order valence-corrected chi connectivity index (χ0v) is 24.0. The van der Waals surface area contributed by atoms with Crippen LogP contribution in [0.2, 0.25) is 10.0 Å². The predicted molar refractivity (Wildman–Crippen MR) is 155 cm³/mol. The van der Waals surface area contributed by atoms with Crippen LogP contribution in [0.5, 0.6) is 11.5 Å². The minimum Gasteiger partial charge on any atom is -0.496 e. The van der Waals surface area contributed by atoms with Crippen LogP contribution < -0.4 is 14.4 Å². The van der Waals surface area contributed by atoms with Gasteiger partial charge in [-0.15, -0.1) is 0 Å². The van der Waals surface area contributed by atoms with Gasteiger partial charge in [-0.05, 0) is 66.4 Å². The molecule has 0 fully saturated rings. The summed E-state index contributed by atoms with van der Waals surface area (Å²) in [5, 5.41) is 14.9. The number of benzene rings is 3. The van der Waals surface area contributed by atoms with Crippen molar-refractivity contribution >= 4 is 34.9 Å². The number of rotatable bonds is 10. The van der Waals surface area contributed by atoms with Gasteiger partial charge in [-0.2, -0.15) is 5.10 Å². The Balaban J connectivity index is 1.54. The Morgan fingerprint density at radius 2 is 1.82 bits per heavy atom. The number of carboxylic acids is 1. The van der Waals surface area contributed by atoms with Crippen molar-refractivity contribution in [2.45, 2.75) is 39.8 Å². The van der Waals surface area contributed by atoms with Crippen molar-refractivity contribution in [3.05, 3.63) is 98.8 Å². The Kier molecular flexibility index (Phi) is 8.73. The van der Waals surface area contributed by atoms with Gasteiger partial charge in [0.05, 0.1) is 34.6 Å². The third kappa shape index (κ3) is 6.15. The fourth-order valence-electron chi connectivity index (χ4n) is 4.54. The topological polar surface area (TPSA) is 76.8 Å². The van der Waals surface area contributed by atoms with Crippen molar-refractivity contribution in [1.29, 1.82) is 0 Å². The second-order valence-corrected chi connectivity index (χ2v) is 10.4. The number of halogens is 2. The zero-order valence-electron chi connectivity index (χ0n) is 22.5. The highest BCUT2D eigenvalue weighted by Gasteiger charge is 2.20. The van der Waals surface area contributed by atoms with E-state index < -0.39 is 5.97 Å². The molecule has 39 heavy (non-hydrogen) atoms. The van der Waals surface area contributed by atoms with E-state index in [1.807, 2.05) is 38.4 Å². The van der Waals surface area contributed by atoms with Crippen LogP contribution >= 0.6 is 23.2 Å². The minimum atomic E-state index is -0.988. The van der Waals surface area contributed by atoms with Crippen molar-refractivity contribution in [3.8, 4) is 17.2 Å². The molecule has 0 aliphatic heterocycles. The molecule has 4 rings (SSSR count). The molecule has 0 spiro atoms. The number of aryl methyl sites for hydroxylation is 1. The van der Waals surface area contributed by atoms with Crippen LogP contribution in [0.4, 0.5) is 5.69 Å². The number of ether oxygens (including phenoxy) is 2. The van der Waals surface area contributed by atoms with Crippen LogP contribution in [-0.2, 0) is 13.2 Å². The quantitative estimate of drug-likeness (QED) is 0.213. The number of carbonyl (C=O) groups is 1. The molecule has 0 saturated heterocycles. The average molecular weight is 569 g/mol. The number of hydrogen-bond acceptors (Lipinski definition) is 5.